The number of thiazole rings is 1. The van der Waals surface area contributed by atoms with Crippen molar-refractivity contribution in [3.05, 3.63) is 48.5 Å². The van der Waals surface area contributed by atoms with Crippen LogP contribution in [0, 0.1) is 0 Å². The van der Waals surface area contributed by atoms with E-state index in [4.69, 9.17) is 0 Å². The molecular formula is C14H10N2OS2. The molecule has 3 aromatic rings. The van der Waals surface area contributed by atoms with Crippen LogP contribution in [0.3, 0.4) is 0 Å². The molecule has 0 bridgehead atoms. The first kappa shape index (κ1) is 12.2. The molecule has 3 nitrogen and oxygen atoms in total. The molecule has 0 aliphatic heterocycles. The Balaban J connectivity index is 1.82. The zero-order valence-corrected chi connectivity index (χ0v) is 11.5. The predicted octanol–water partition coefficient (Wildman–Crippen LogP) is 4.02. The zero-order chi connectivity index (χ0) is 13.1. The predicted molar refractivity (Wildman–Crippen MR) is 79.9 cm³/mol. The van der Waals surface area contributed by atoms with E-state index >= 15 is 0 Å². The number of amides is 1. The Morgan fingerprint density at radius 1 is 1.11 bits per heavy atom. The van der Waals surface area contributed by atoms with Crippen LogP contribution in [0.2, 0.25) is 0 Å². The van der Waals surface area contributed by atoms with Crippen molar-refractivity contribution in [3.8, 4) is 0 Å². The second-order valence-electron chi connectivity index (χ2n) is 3.84. The van der Waals surface area contributed by atoms with Crippen LogP contribution in [-0.4, -0.2) is 11.4 Å². The van der Waals surface area contributed by atoms with E-state index in [9.17, 15) is 4.79 Å². The van der Waals surface area contributed by atoms with E-state index in [1.807, 2.05) is 42.5 Å². The number of aromatic nitrogens is 1. The molecule has 5 heteroatoms. The zero-order valence-electron chi connectivity index (χ0n) is 9.87. The largest absolute Gasteiger partial charge is 0.329 e. The van der Waals surface area contributed by atoms with Gasteiger partial charge in [-0.1, -0.05) is 23.9 Å². The third-order valence-electron chi connectivity index (χ3n) is 2.56. The molecule has 19 heavy (non-hydrogen) atoms. The maximum atomic E-state index is 10.3. The van der Waals surface area contributed by atoms with Crippen LogP contribution in [0.5, 0.6) is 0 Å². The van der Waals surface area contributed by atoms with Gasteiger partial charge in [-0.3, -0.25) is 4.79 Å². The van der Waals surface area contributed by atoms with E-state index < -0.39 is 0 Å². The van der Waals surface area contributed by atoms with Crippen molar-refractivity contribution in [2.75, 3.05) is 5.32 Å². The summed E-state index contributed by atoms with van der Waals surface area (Å²) in [4.78, 5) is 16.0. The van der Waals surface area contributed by atoms with Crippen molar-refractivity contribution in [2.24, 2.45) is 0 Å². The van der Waals surface area contributed by atoms with E-state index in [0.717, 1.165) is 20.4 Å². The number of carbonyl (C=O) groups is 1. The maximum Gasteiger partial charge on any atom is 0.211 e. The van der Waals surface area contributed by atoms with Gasteiger partial charge in [0, 0.05) is 10.6 Å². The summed E-state index contributed by atoms with van der Waals surface area (Å²) in [7, 11) is 0. The number of hydrogen-bond acceptors (Lipinski definition) is 4. The smallest absolute Gasteiger partial charge is 0.211 e. The minimum Gasteiger partial charge on any atom is -0.329 e. The number of anilines is 1. The number of benzene rings is 2. The van der Waals surface area contributed by atoms with Gasteiger partial charge in [-0.05, 0) is 36.4 Å². The Labute approximate surface area is 118 Å². The number of rotatable bonds is 4. The molecule has 1 N–H and O–H groups in total. The molecule has 1 heterocycles. The highest BCUT2D eigenvalue weighted by Crippen LogP contribution is 2.34. The minimum atomic E-state index is 0.676. The maximum absolute atomic E-state index is 10.3. The van der Waals surface area contributed by atoms with Gasteiger partial charge in [-0.2, -0.15) is 0 Å². The first-order valence-electron chi connectivity index (χ1n) is 5.69. The Kier molecular flexibility index (Phi) is 3.48. The summed E-state index contributed by atoms with van der Waals surface area (Å²) >= 11 is 3.32. The van der Waals surface area contributed by atoms with Gasteiger partial charge < -0.3 is 5.32 Å². The van der Waals surface area contributed by atoms with Gasteiger partial charge in [-0.25, -0.2) is 4.98 Å². The number of para-hydroxylation sites is 1. The Morgan fingerprint density at radius 2 is 1.89 bits per heavy atom. The van der Waals surface area contributed by atoms with Crippen LogP contribution in [0.4, 0.5) is 5.69 Å². The molecule has 0 unspecified atom stereocenters. The highest BCUT2D eigenvalue weighted by atomic mass is 32.2. The van der Waals surface area contributed by atoms with Crippen LogP contribution >= 0.6 is 23.1 Å². The third kappa shape index (κ3) is 2.77. The highest BCUT2D eigenvalue weighted by molar-refractivity contribution is 8.01. The van der Waals surface area contributed by atoms with Gasteiger partial charge in [0.1, 0.15) is 0 Å². The number of nitrogens with one attached hydrogen (secondary N) is 1. The van der Waals surface area contributed by atoms with Gasteiger partial charge >= 0.3 is 0 Å². The average Bonchev–Trinajstić information content (AvgIpc) is 2.83. The summed E-state index contributed by atoms with van der Waals surface area (Å²) in [6, 6.07) is 15.8. The second kappa shape index (κ2) is 5.42. The highest BCUT2D eigenvalue weighted by Gasteiger charge is 2.04. The minimum absolute atomic E-state index is 0.676. The molecule has 3 rings (SSSR count). The van der Waals surface area contributed by atoms with E-state index in [0.29, 0.717) is 6.41 Å². The third-order valence-corrected chi connectivity index (χ3v) is 4.66. The standard InChI is InChI=1S/C14H10N2OS2/c17-9-15-10-5-7-11(8-6-10)18-14-16-12-3-1-2-4-13(12)19-14/h1-9H,(H,15,17). The molecular weight excluding hydrogens is 276 g/mol. The van der Waals surface area contributed by atoms with Gasteiger partial charge in [0.25, 0.3) is 0 Å². The topological polar surface area (TPSA) is 42.0 Å². The fraction of sp³-hybridized carbons (Fsp3) is 0. The summed E-state index contributed by atoms with van der Waals surface area (Å²) in [6.07, 6.45) is 0.676. The molecule has 0 fully saturated rings. The molecule has 0 radical (unpaired) electrons. The lowest BCUT2D eigenvalue weighted by Crippen LogP contribution is -1.92. The monoisotopic (exact) mass is 286 g/mol. The SMILES string of the molecule is O=CNc1ccc(Sc2nc3ccccc3s2)cc1. The Morgan fingerprint density at radius 3 is 2.63 bits per heavy atom. The van der Waals surface area contributed by atoms with E-state index in [1.54, 1.807) is 23.1 Å². The molecule has 2 aromatic carbocycles. The van der Waals surface area contributed by atoms with Crippen LogP contribution in [0.15, 0.2) is 57.8 Å². The van der Waals surface area contributed by atoms with Crippen LogP contribution in [0.25, 0.3) is 10.2 Å². The van der Waals surface area contributed by atoms with Crippen molar-refractivity contribution < 1.29 is 4.79 Å². The lowest BCUT2D eigenvalue weighted by atomic mass is 10.3. The summed E-state index contributed by atoms with van der Waals surface area (Å²) in [5.74, 6) is 0. The Hall–Kier alpha value is -1.85. The van der Waals surface area contributed by atoms with Crippen molar-refractivity contribution in [1.82, 2.24) is 4.98 Å². The lowest BCUT2D eigenvalue weighted by Gasteiger charge is -2.00. The fourth-order valence-electron chi connectivity index (χ4n) is 1.68. The normalized spacial score (nSPS) is 10.5. The molecule has 0 aliphatic carbocycles. The quantitative estimate of drug-likeness (QED) is 0.737. The van der Waals surface area contributed by atoms with Gasteiger partial charge in [0.05, 0.1) is 10.2 Å². The molecule has 0 spiro atoms. The number of carbonyl (C=O) groups excluding carboxylic acids is 1. The first-order chi connectivity index (χ1) is 9.35. The average molecular weight is 286 g/mol. The van der Waals surface area contributed by atoms with E-state index in [-0.39, 0.29) is 0 Å². The summed E-state index contributed by atoms with van der Waals surface area (Å²) < 4.78 is 2.22. The number of nitrogens with zero attached hydrogens (tertiary/aromatic N) is 1. The number of fused-ring (bicyclic) bond motifs is 1. The molecule has 94 valence electrons. The Bertz CT molecular complexity index is 674. The molecule has 0 atom stereocenters. The van der Waals surface area contributed by atoms with Gasteiger partial charge in [0.15, 0.2) is 4.34 Å². The lowest BCUT2D eigenvalue weighted by molar-refractivity contribution is -0.105. The van der Waals surface area contributed by atoms with E-state index in [1.165, 1.54) is 4.70 Å². The summed E-state index contributed by atoms with van der Waals surface area (Å²) in [5.41, 5.74) is 1.83. The second-order valence-corrected chi connectivity index (χ2v) is 6.19. The molecule has 0 aliphatic rings. The van der Waals surface area contributed by atoms with Gasteiger partial charge in [-0.15, -0.1) is 11.3 Å². The molecule has 1 aromatic heterocycles. The molecule has 0 saturated carbocycles. The number of hydrogen-bond donors (Lipinski definition) is 1. The van der Waals surface area contributed by atoms with Crippen molar-refractivity contribution in [3.63, 3.8) is 0 Å². The summed E-state index contributed by atoms with van der Waals surface area (Å²) in [6.45, 7) is 0. The van der Waals surface area contributed by atoms with Crippen LogP contribution < -0.4 is 5.32 Å². The van der Waals surface area contributed by atoms with Crippen molar-refractivity contribution >= 4 is 45.4 Å². The van der Waals surface area contributed by atoms with Gasteiger partial charge in [0.2, 0.25) is 6.41 Å². The fourth-order valence-corrected chi connectivity index (χ4v) is 3.72. The van der Waals surface area contributed by atoms with Crippen molar-refractivity contribution in [2.45, 2.75) is 9.24 Å². The van der Waals surface area contributed by atoms with E-state index in [2.05, 4.69) is 16.4 Å². The van der Waals surface area contributed by atoms with Crippen molar-refractivity contribution in [1.29, 1.82) is 0 Å². The molecule has 1 amide bonds. The van der Waals surface area contributed by atoms with Crippen LogP contribution in [0.1, 0.15) is 0 Å². The van der Waals surface area contributed by atoms with Crippen LogP contribution in [-0.2, 0) is 4.79 Å². The summed E-state index contributed by atoms with van der Waals surface area (Å²) in [5, 5.41) is 2.62. The first-order valence-corrected chi connectivity index (χ1v) is 7.32. The molecule has 0 saturated heterocycles.